The summed E-state index contributed by atoms with van der Waals surface area (Å²) in [5.41, 5.74) is 11.5. The molecule has 0 spiro atoms. The fourth-order valence-corrected chi connectivity index (χ4v) is 0.700. The van der Waals surface area contributed by atoms with Crippen molar-refractivity contribution in [2.24, 2.45) is 5.92 Å². The van der Waals surface area contributed by atoms with E-state index in [0.717, 1.165) is 5.57 Å². The minimum absolute atomic E-state index is 0.127. The van der Waals surface area contributed by atoms with Crippen molar-refractivity contribution in [2.75, 3.05) is 0 Å². The summed E-state index contributed by atoms with van der Waals surface area (Å²) in [6.07, 6.45) is 0. The molecule has 1 unspecified atom stereocenters. The van der Waals surface area contributed by atoms with Gasteiger partial charge in [-0.1, -0.05) is 11.6 Å². The highest BCUT2D eigenvalue weighted by Gasteiger charge is 2.13. The Morgan fingerprint density at radius 2 is 2.10 bits per heavy atom. The number of rotatable bonds is 2. The van der Waals surface area contributed by atoms with Crippen LogP contribution < -0.4 is 0 Å². The summed E-state index contributed by atoms with van der Waals surface area (Å²) in [6, 6.07) is 0. The zero-order valence-corrected chi connectivity index (χ0v) is 7.18. The van der Waals surface area contributed by atoms with Crippen LogP contribution in [-0.4, -0.2) is 10.5 Å². The van der Waals surface area contributed by atoms with Crippen molar-refractivity contribution in [2.45, 2.75) is 20.8 Å². The Labute approximate surface area is 66.1 Å². The summed E-state index contributed by atoms with van der Waals surface area (Å²) in [6.45, 7) is 5.59. The first-order chi connectivity index (χ1) is 4.63. The summed E-state index contributed by atoms with van der Waals surface area (Å²) in [5, 5.41) is 0. The molecule has 1 atom stereocenters. The minimum atomic E-state index is 0.127. The molecule has 0 heterocycles. The number of hydrogen-bond acceptors (Lipinski definition) is 0. The fraction of sp³-hybridized carbons (Fsp3) is 0.571. The van der Waals surface area contributed by atoms with Gasteiger partial charge in [0.05, 0.1) is 5.92 Å². The Kier molecular flexibility index (Phi) is 4.01. The van der Waals surface area contributed by atoms with Gasteiger partial charge >= 0.3 is 0 Å². The molecule has 0 radical (unpaired) electrons. The summed E-state index contributed by atoms with van der Waals surface area (Å²) >= 11 is 5.45. The quantitative estimate of drug-likeness (QED) is 0.336. The third-order valence-corrected chi connectivity index (χ3v) is 1.98. The summed E-state index contributed by atoms with van der Waals surface area (Å²) in [4.78, 5) is 3.07. The van der Waals surface area contributed by atoms with Gasteiger partial charge in [-0.15, -0.1) is 0 Å². The third-order valence-electron chi connectivity index (χ3n) is 1.64. The fourth-order valence-electron chi connectivity index (χ4n) is 0.511. The van der Waals surface area contributed by atoms with Gasteiger partial charge in [0.15, 0.2) is 0 Å². The molecule has 0 bridgehead atoms. The van der Waals surface area contributed by atoms with Crippen LogP contribution in [0.15, 0.2) is 11.1 Å². The highest BCUT2D eigenvalue weighted by molar-refractivity contribution is 6.25. The predicted octanol–water partition coefficient (Wildman–Crippen LogP) is 2.46. The lowest BCUT2D eigenvalue weighted by Crippen LogP contribution is -2.08. The van der Waals surface area contributed by atoms with E-state index in [-0.39, 0.29) is 5.92 Å². The molecule has 0 aromatic heterocycles. The molecule has 0 fully saturated rings. The molecule has 0 aromatic rings. The molecule has 0 N–H and O–H groups in total. The first-order valence-corrected chi connectivity index (χ1v) is 3.52. The monoisotopic (exact) mass is 158 g/mol. The van der Waals surface area contributed by atoms with E-state index in [0.29, 0.717) is 5.71 Å². The average molecular weight is 159 g/mol. The molecule has 0 saturated carbocycles. The molecule has 2 nitrogen and oxygen atoms in total. The maximum Gasteiger partial charge on any atom is 0.272 e. The summed E-state index contributed by atoms with van der Waals surface area (Å²) in [5.74, 6) is 0.127. The van der Waals surface area contributed by atoms with Gasteiger partial charge in [-0.05, 0) is 19.4 Å². The molecule has 0 amide bonds. The van der Waals surface area contributed by atoms with E-state index >= 15 is 0 Å². The molecule has 0 aromatic carbocycles. The van der Waals surface area contributed by atoms with Crippen LogP contribution in [0.2, 0.25) is 0 Å². The highest BCUT2D eigenvalue weighted by Crippen LogP contribution is 2.10. The van der Waals surface area contributed by atoms with Crippen molar-refractivity contribution in [3.63, 3.8) is 0 Å². The molecule has 0 saturated heterocycles. The molecule has 56 valence electrons. The summed E-state index contributed by atoms with van der Waals surface area (Å²) < 4.78 is 0. The topological polar surface area (TPSA) is 36.4 Å². The average Bonchev–Trinajstić information content (AvgIpc) is 2.00. The van der Waals surface area contributed by atoms with Crippen LogP contribution >= 0.6 is 11.6 Å². The highest BCUT2D eigenvalue weighted by atomic mass is 35.5. The van der Waals surface area contributed by atoms with Crippen molar-refractivity contribution < 1.29 is 4.79 Å². The number of allylic oxidation sites excluding steroid dienone is 1. The van der Waals surface area contributed by atoms with E-state index in [1.807, 2.05) is 13.8 Å². The first-order valence-electron chi connectivity index (χ1n) is 3.09. The smallest absolute Gasteiger partial charge is 0.272 e. The summed E-state index contributed by atoms with van der Waals surface area (Å²) in [7, 11) is 0. The number of hydrogen-bond donors (Lipinski definition) is 0. The standard InChI is InChI=1S/C7H11ClN2/c1-5(4-8)6(2)7(3)10-9/h4,6H,1-3H3/b5-4+. The van der Waals surface area contributed by atoms with Crippen molar-refractivity contribution >= 4 is 17.3 Å². The number of nitrogens with zero attached hydrogens (tertiary/aromatic N) is 2. The van der Waals surface area contributed by atoms with Crippen molar-refractivity contribution in [3.8, 4) is 0 Å². The van der Waals surface area contributed by atoms with Crippen molar-refractivity contribution in [1.82, 2.24) is 0 Å². The van der Waals surface area contributed by atoms with Crippen LogP contribution in [0.1, 0.15) is 20.8 Å². The van der Waals surface area contributed by atoms with E-state index in [1.54, 1.807) is 6.92 Å². The predicted molar refractivity (Wildman–Crippen MR) is 43.1 cm³/mol. The Balaban J connectivity index is 4.37. The maximum absolute atomic E-state index is 8.37. The van der Waals surface area contributed by atoms with Crippen molar-refractivity contribution in [3.05, 3.63) is 16.6 Å². The Morgan fingerprint density at radius 3 is 2.40 bits per heavy atom. The van der Waals surface area contributed by atoms with Crippen LogP contribution in [0.5, 0.6) is 0 Å². The molecule has 0 rings (SSSR count). The molecule has 3 heteroatoms. The normalized spacial score (nSPS) is 14.2. The van der Waals surface area contributed by atoms with E-state index in [9.17, 15) is 0 Å². The molecular weight excluding hydrogens is 148 g/mol. The Hall–Kier alpha value is -0.590. The first kappa shape index (κ1) is 9.41. The second kappa shape index (κ2) is 4.26. The maximum atomic E-state index is 8.37. The van der Waals surface area contributed by atoms with Gasteiger partial charge in [0.2, 0.25) is 0 Å². The largest absolute Gasteiger partial charge is 0.362 e. The lowest BCUT2D eigenvalue weighted by molar-refractivity contribution is -0.0115. The van der Waals surface area contributed by atoms with Gasteiger partial charge in [0.1, 0.15) is 0 Å². The van der Waals surface area contributed by atoms with Gasteiger partial charge in [-0.3, -0.25) is 0 Å². The van der Waals surface area contributed by atoms with Crippen LogP contribution in [0.25, 0.3) is 5.53 Å². The molecule has 0 aliphatic rings. The molecule has 10 heavy (non-hydrogen) atoms. The molecule has 0 aliphatic carbocycles. The van der Waals surface area contributed by atoms with Gasteiger partial charge in [-0.2, -0.15) is 4.79 Å². The van der Waals surface area contributed by atoms with E-state index in [2.05, 4.69) is 4.79 Å². The second-order valence-corrected chi connectivity index (χ2v) is 2.53. The third kappa shape index (κ3) is 2.34. The van der Waals surface area contributed by atoms with Gasteiger partial charge in [-0.25, -0.2) is 0 Å². The minimum Gasteiger partial charge on any atom is -0.362 e. The van der Waals surface area contributed by atoms with Crippen LogP contribution in [0.4, 0.5) is 0 Å². The number of halogens is 1. The second-order valence-electron chi connectivity index (χ2n) is 2.32. The Morgan fingerprint density at radius 1 is 1.60 bits per heavy atom. The van der Waals surface area contributed by atoms with E-state index in [4.69, 9.17) is 17.1 Å². The van der Waals surface area contributed by atoms with Gasteiger partial charge in [0.25, 0.3) is 5.71 Å². The molecular formula is C7H11ClN2. The van der Waals surface area contributed by atoms with Crippen molar-refractivity contribution in [1.29, 1.82) is 0 Å². The van der Waals surface area contributed by atoms with Crippen LogP contribution in [0.3, 0.4) is 0 Å². The zero-order valence-electron chi connectivity index (χ0n) is 6.43. The van der Waals surface area contributed by atoms with E-state index < -0.39 is 0 Å². The molecule has 0 aliphatic heterocycles. The van der Waals surface area contributed by atoms with E-state index in [1.165, 1.54) is 5.54 Å². The van der Waals surface area contributed by atoms with Crippen LogP contribution in [0, 0.1) is 5.92 Å². The lowest BCUT2D eigenvalue weighted by Gasteiger charge is -2.01. The van der Waals surface area contributed by atoms with Gasteiger partial charge < -0.3 is 5.53 Å². The van der Waals surface area contributed by atoms with Gasteiger partial charge in [0, 0.05) is 12.5 Å². The SMILES string of the molecule is CC(=[N+]=[N-])C(C)/C(C)=C/Cl. The Bertz CT molecular complexity index is 190. The van der Waals surface area contributed by atoms with Crippen LogP contribution in [-0.2, 0) is 0 Å². The lowest BCUT2D eigenvalue weighted by atomic mass is 10.0. The zero-order chi connectivity index (χ0) is 8.15.